The largest absolute Gasteiger partial charge is 0.356 e. The third-order valence-electron chi connectivity index (χ3n) is 4.97. The van der Waals surface area contributed by atoms with Gasteiger partial charge in [-0.15, -0.1) is 0 Å². The van der Waals surface area contributed by atoms with E-state index in [1.807, 2.05) is 49.7 Å². The van der Waals surface area contributed by atoms with Crippen molar-refractivity contribution in [1.82, 2.24) is 14.9 Å². The molecule has 0 spiro atoms. The fourth-order valence-corrected chi connectivity index (χ4v) is 3.65. The van der Waals surface area contributed by atoms with E-state index in [1.54, 1.807) is 4.90 Å². The summed E-state index contributed by atoms with van der Waals surface area (Å²) in [7, 11) is 1.83. The maximum atomic E-state index is 12.4. The van der Waals surface area contributed by atoms with Gasteiger partial charge >= 0.3 is 0 Å². The molecule has 4 aromatic rings. The van der Waals surface area contributed by atoms with Gasteiger partial charge < -0.3 is 9.88 Å². The zero-order chi connectivity index (χ0) is 17.7. The van der Waals surface area contributed by atoms with Crippen LogP contribution in [0.4, 0.5) is 0 Å². The molecule has 2 aromatic carbocycles. The molecule has 1 aliphatic heterocycles. The summed E-state index contributed by atoms with van der Waals surface area (Å²) in [4.78, 5) is 22.2. The summed E-state index contributed by atoms with van der Waals surface area (Å²) in [5, 5.41) is 3.15. The molecule has 0 aliphatic carbocycles. The molecule has 4 nitrogen and oxygen atoms in total. The van der Waals surface area contributed by atoms with Crippen LogP contribution in [0, 0.1) is 0 Å². The second-order valence-corrected chi connectivity index (χ2v) is 6.70. The number of aromatic nitrogens is 2. The Hall–Kier alpha value is -3.40. The predicted octanol–water partition coefficient (Wildman–Crippen LogP) is 4.47. The van der Waals surface area contributed by atoms with E-state index in [0.29, 0.717) is 6.54 Å². The first-order valence-corrected chi connectivity index (χ1v) is 8.62. The molecule has 0 saturated heterocycles. The number of amides is 1. The van der Waals surface area contributed by atoms with E-state index in [2.05, 4.69) is 34.2 Å². The molecule has 26 heavy (non-hydrogen) atoms. The zero-order valence-electron chi connectivity index (χ0n) is 14.4. The van der Waals surface area contributed by atoms with Crippen LogP contribution in [0.25, 0.3) is 33.8 Å². The highest BCUT2D eigenvalue weighted by atomic mass is 16.2. The van der Waals surface area contributed by atoms with Crippen LogP contribution < -0.4 is 0 Å². The van der Waals surface area contributed by atoms with Crippen molar-refractivity contribution in [3.63, 3.8) is 0 Å². The van der Waals surface area contributed by atoms with Crippen LogP contribution in [0.15, 0.2) is 54.7 Å². The number of hydrogen-bond donors (Lipinski definition) is 1. The van der Waals surface area contributed by atoms with Crippen LogP contribution in [0.3, 0.4) is 0 Å². The van der Waals surface area contributed by atoms with Gasteiger partial charge in [-0.3, -0.25) is 9.78 Å². The second-order valence-electron chi connectivity index (χ2n) is 6.70. The highest BCUT2D eigenvalue weighted by molar-refractivity contribution is 6.16. The minimum atomic E-state index is 0.0869. The topological polar surface area (TPSA) is 49.0 Å². The number of hydrogen-bond acceptors (Lipinski definition) is 2. The van der Waals surface area contributed by atoms with Crippen molar-refractivity contribution in [2.24, 2.45) is 0 Å². The van der Waals surface area contributed by atoms with Gasteiger partial charge in [-0.25, -0.2) is 0 Å². The lowest BCUT2D eigenvalue weighted by molar-refractivity contribution is 0.0817. The lowest BCUT2D eigenvalue weighted by Gasteiger charge is -2.08. The summed E-state index contributed by atoms with van der Waals surface area (Å²) < 4.78 is 0. The summed E-state index contributed by atoms with van der Waals surface area (Å²) >= 11 is 0. The minimum absolute atomic E-state index is 0.0869. The number of aromatic amines is 1. The van der Waals surface area contributed by atoms with Gasteiger partial charge in [-0.2, -0.15) is 0 Å². The Morgan fingerprint density at radius 1 is 1.08 bits per heavy atom. The standard InChI is InChI=1S/C22H17N3O/c1-25-13-19-20(22(25)26)17-10-8-15-12-23-16(11-18(15)21(17)24-19)9-7-14-5-3-2-4-6-14/h2-12,24H,13H2,1H3/b9-7+. The highest BCUT2D eigenvalue weighted by Crippen LogP contribution is 2.33. The number of nitrogens with one attached hydrogen (secondary N) is 1. The normalized spacial score (nSPS) is 14.0. The number of carbonyl (C=O) groups excluding carboxylic acids is 1. The highest BCUT2D eigenvalue weighted by Gasteiger charge is 2.29. The first-order chi connectivity index (χ1) is 12.7. The lowest BCUT2D eigenvalue weighted by Crippen LogP contribution is -2.18. The number of rotatable bonds is 2. The molecule has 126 valence electrons. The number of H-pyrrole nitrogens is 1. The number of benzene rings is 2. The average Bonchev–Trinajstić information content (AvgIpc) is 3.17. The van der Waals surface area contributed by atoms with Crippen molar-refractivity contribution in [2.75, 3.05) is 7.05 Å². The summed E-state index contributed by atoms with van der Waals surface area (Å²) in [6, 6.07) is 16.3. The smallest absolute Gasteiger partial charge is 0.256 e. The van der Waals surface area contributed by atoms with E-state index in [-0.39, 0.29) is 5.91 Å². The fraction of sp³-hybridized carbons (Fsp3) is 0.0909. The van der Waals surface area contributed by atoms with Gasteiger partial charge in [0.1, 0.15) is 0 Å². The van der Waals surface area contributed by atoms with Gasteiger partial charge in [0, 0.05) is 35.1 Å². The van der Waals surface area contributed by atoms with Crippen LogP contribution in [-0.2, 0) is 6.54 Å². The first-order valence-electron chi connectivity index (χ1n) is 8.62. The van der Waals surface area contributed by atoms with Crippen LogP contribution in [0.2, 0.25) is 0 Å². The molecule has 0 bridgehead atoms. The zero-order valence-corrected chi connectivity index (χ0v) is 14.4. The Morgan fingerprint density at radius 3 is 2.77 bits per heavy atom. The van der Waals surface area contributed by atoms with E-state index in [0.717, 1.165) is 44.2 Å². The third-order valence-corrected chi connectivity index (χ3v) is 4.97. The molecule has 0 saturated carbocycles. The van der Waals surface area contributed by atoms with Crippen LogP contribution in [-0.4, -0.2) is 27.8 Å². The molecule has 0 atom stereocenters. The van der Waals surface area contributed by atoms with Crippen molar-refractivity contribution in [3.8, 4) is 0 Å². The van der Waals surface area contributed by atoms with Crippen molar-refractivity contribution >= 4 is 39.7 Å². The molecule has 4 heteroatoms. The van der Waals surface area contributed by atoms with Crippen LogP contribution >= 0.6 is 0 Å². The summed E-state index contributed by atoms with van der Waals surface area (Å²) in [5.41, 5.74) is 4.86. The van der Waals surface area contributed by atoms with Gasteiger partial charge in [0.2, 0.25) is 0 Å². The Kier molecular flexibility index (Phi) is 3.19. The Labute approximate surface area is 150 Å². The number of fused-ring (bicyclic) bond motifs is 5. The van der Waals surface area contributed by atoms with Gasteiger partial charge in [0.15, 0.2) is 0 Å². The van der Waals surface area contributed by atoms with Gasteiger partial charge in [-0.1, -0.05) is 48.5 Å². The predicted molar refractivity (Wildman–Crippen MR) is 105 cm³/mol. The lowest BCUT2D eigenvalue weighted by atomic mass is 10.1. The fourth-order valence-electron chi connectivity index (χ4n) is 3.65. The molecular formula is C22H17N3O. The number of pyridine rings is 1. The Morgan fingerprint density at radius 2 is 1.92 bits per heavy atom. The molecular weight excluding hydrogens is 322 g/mol. The maximum absolute atomic E-state index is 12.4. The summed E-state index contributed by atoms with van der Waals surface area (Å²) in [5.74, 6) is 0.0869. The number of nitrogens with zero attached hydrogens (tertiary/aromatic N) is 2. The van der Waals surface area contributed by atoms with Gasteiger partial charge in [0.05, 0.1) is 23.3 Å². The van der Waals surface area contributed by atoms with Crippen molar-refractivity contribution in [3.05, 3.63) is 77.2 Å². The Balaban J connectivity index is 1.65. The number of carbonyl (C=O) groups is 1. The van der Waals surface area contributed by atoms with E-state index < -0.39 is 0 Å². The monoisotopic (exact) mass is 339 g/mol. The maximum Gasteiger partial charge on any atom is 0.256 e. The SMILES string of the molecule is CN1Cc2[nH]c3c(ccc4cnc(/C=C/c5ccccc5)cc43)c2C1=O. The van der Waals surface area contributed by atoms with Crippen LogP contribution in [0.1, 0.15) is 27.3 Å². The minimum Gasteiger partial charge on any atom is -0.356 e. The van der Waals surface area contributed by atoms with Crippen molar-refractivity contribution < 1.29 is 4.79 Å². The van der Waals surface area contributed by atoms with Crippen molar-refractivity contribution in [1.29, 1.82) is 0 Å². The molecule has 0 fully saturated rings. The first kappa shape index (κ1) is 14.9. The second kappa shape index (κ2) is 5.56. The van der Waals surface area contributed by atoms with Crippen molar-refractivity contribution in [2.45, 2.75) is 6.54 Å². The molecule has 0 radical (unpaired) electrons. The molecule has 1 amide bonds. The molecule has 5 rings (SSSR count). The molecule has 1 aliphatic rings. The molecule has 2 aromatic heterocycles. The van der Waals surface area contributed by atoms with E-state index >= 15 is 0 Å². The quantitative estimate of drug-likeness (QED) is 0.586. The van der Waals surface area contributed by atoms with E-state index in [9.17, 15) is 4.79 Å². The average molecular weight is 339 g/mol. The van der Waals surface area contributed by atoms with Gasteiger partial charge in [0.25, 0.3) is 5.91 Å². The molecule has 3 heterocycles. The Bertz CT molecular complexity index is 1190. The molecule has 1 N–H and O–H groups in total. The van der Waals surface area contributed by atoms with E-state index in [1.165, 1.54) is 0 Å². The third kappa shape index (κ3) is 2.23. The summed E-state index contributed by atoms with van der Waals surface area (Å²) in [6.07, 6.45) is 5.96. The van der Waals surface area contributed by atoms with E-state index in [4.69, 9.17) is 0 Å². The molecule has 0 unspecified atom stereocenters. The van der Waals surface area contributed by atoms with Crippen LogP contribution in [0.5, 0.6) is 0 Å². The van der Waals surface area contributed by atoms with Gasteiger partial charge in [-0.05, 0) is 17.7 Å². The summed E-state index contributed by atoms with van der Waals surface area (Å²) in [6.45, 7) is 0.635.